The lowest BCUT2D eigenvalue weighted by Crippen LogP contribution is -2.33. The Morgan fingerprint density at radius 1 is 1.22 bits per heavy atom. The molecule has 10 nitrogen and oxygen atoms in total. The van der Waals surface area contributed by atoms with Crippen LogP contribution in [0.3, 0.4) is 0 Å². The van der Waals surface area contributed by atoms with E-state index in [1.165, 1.54) is 44.4 Å². The first-order valence-electron chi connectivity index (χ1n) is 12.0. The number of nitrogens with one attached hydrogen (secondary N) is 1. The Morgan fingerprint density at radius 2 is 2.03 bits per heavy atom. The molecule has 2 aliphatic rings. The zero-order chi connectivity index (χ0) is 25.0. The number of halogens is 1. The van der Waals surface area contributed by atoms with Crippen LogP contribution in [0.25, 0.3) is 17.2 Å². The van der Waals surface area contributed by atoms with Crippen molar-refractivity contribution in [2.75, 3.05) is 11.1 Å². The lowest BCUT2D eigenvalue weighted by molar-refractivity contribution is -0.119. The number of carbonyl (C=O) groups is 1. The van der Waals surface area contributed by atoms with Gasteiger partial charge < -0.3 is 20.6 Å². The molecule has 11 heteroatoms. The molecule has 0 spiro atoms. The monoisotopic (exact) mass is 504 g/mol. The highest BCUT2D eigenvalue weighted by molar-refractivity contribution is 6.31. The van der Waals surface area contributed by atoms with Gasteiger partial charge in [0.2, 0.25) is 5.91 Å². The maximum absolute atomic E-state index is 13.1. The predicted octanol–water partition coefficient (Wildman–Crippen LogP) is 3.90. The molecule has 1 saturated carbocycles. The van der Waals surface area contributed by atoms with Crippen LogP contribution in [0.15, 0.2) is 30.9 Å². The lowest BCUT2D eigenvalue weighted by atomic mass is 9.80. The molecule has 4 aromatic heterocycles. The summed E-state index contributed by atoms with van der Waals surface area (Å²) in [5, 5.41) is 13.0. The van der Waals surface area contributed by atoms with Crippen molar-refractivity contribution in [1.82, 2.24) is 29.3 Å². The number of fused-ring (bicyclic) bond motifs is 2. The highest BCUT2D eigenvalue weighted by Crippen LogP contribution is 2.45. The average Bonchev–Trinajstić information content (AvgIpc) is 3.44. The molecule has 1 aliphatic carbocycles. The van der Waals surface area contributed by atoms with Crippen LogP contribution in [0.4, 0.5) is 11.6 Å². The normalized spacial score (nSPS) is 20.0. The fourth-order valence-electron chi connectivity index (χ4n) is 5.37. The first-order valence-corrected chi connectivity index (χ1v) is 12.4. The number of carbonyl (C=O) groups excluding carboxylic acids is 1. The van der Waals surface area contributed by atoms with E-state index >= 15 is 0 Å². The Hall–Kier alpha value is -3.79. The largest absolute Gasteiger partial charge is 0.506 e. The Labute approximate surface area is 212 Å². The van der Waals surface area contributed by atoms with E-state index in [0.29, 0.717) is 28.8 Å². The second kappa shape index (κ2) is 8.41. The number of hydrogen-bond acceptors (Lipinski definition) is 8. The van der Waals surface area contributed by atoms with E-state index in [4.69, 9.17) is 22.3 Å². The van der Waals surface area contributed by atoms with E-state index in [9.17, 15) is 9.90 Å². The van der Waals surface area contributed by atoms with Crippen molar-refractivity contribution in [3.63, 3.8) is 0 Å². The van der Waals surface area contributed by atoms with Gasteiger partial charge in [0.25, 0.3) is 0 Å². The van der Waals surface area contributed by atoms with E-state index in [2.05, 4.69) is 25.3 Å². The topological polar surface area (TPSA) is 144 Å². The second-order valence-electron chi connectivity index (χ2n) is 9.70. The summed E-state index contributed by atoms with van der Waals surface area (Å²) in [4.78, 5) is 36.0. The third kappa shape index (κ3) is 3.55. The third-order valence-electron chi connectivity index (χ3n) is 7.35. The summed E-state index contributed by atoms with van der Waals surface area (Å²) < 4.78 is 1.93. The molecule has 1 unspecified atom stereocenters. The van der Waals surface area contributed by atoms with Crippen LogP contribution in [0.1, 0.15) is 56.0 Å². The highest BCUT2D eigenvalue weighted by atomic mass is 35.5. The fraction of sp³-hybridized carbons (Fsp3) is 0.360. The van der Waals surface area contributed by atoms with Crippen molar-refractivity contribution in [1.29, 1.82) is 0 Å². The van der Waals surface area contributed by atoms with Crippen LogP contribution < -0.4 is 11.1 Å². The van der Waals surface area contributed by atoms with Gasteiger partial charge >= 0.3 is 0 Å². The van der Waals surface area contributed by atoms with Crippen LogP contribution in [-0.4, -0.2) is 40.3 Å². The van der Waals surface area contributed by atoms with Crippen molar-refractivity contribution in [2.24, 2.45) is 5.92 Å². The maximum atomic E-state index is 13.1. The summed E-state index contributed by atoms with van der Waals surface area (Å²) in [5.74, 6) is 0.764. The van der Waals surface area contributed by atoms with Gasteiger partial charge in [0.1, 0.15) is 33.5 Å². The van der Waals surface area contributed by atoms with Crippen molar-refractivity contribution >= 4 is 34.8 Å². The summed E-state index contributed by atoms with van der Waals surface area (Å²) in [6.45, 7) is 1.67. The molecule has 0 aromatic carbocycles. The molecular formula is C25H25ClN8O2. The van der Waals surface area contributed by atoms with Gasteiger partial charge in [-0.1, -0.05) is 43.7 Å². The van der Waals surface area contributed by atoms with Gasteiger partial charge in [0, 0.05) is 30.9 Å². The Bertz CT molecular complexity index is 1510. The molecule has 0 saturated heterocycles. The summed E-state index contributed by atoms with van der Waals surface area (Å²) >= 11 is 5.92. The number of hydrogen-bond donors (Lipinski definition) is 3. The van der Waals surface area contributed by atoms with Gasteiger partial charge in [-0.15, -0.1) is 0 Å². The van der Waals surface area contributed by atoms with Gasteiger partial charge in [-0.05, 0) is 19.3 Å². The number of aromatic nitrogens is 6. The molecule has 184 valence electrons. The molecule has 1 amide bonds. The molecule has 36 heavy (non-hydrogen) atoms. The minimum absolute atomic E-state index is 0.0885. The molecule has 0 bridgehead atoms. The van der Waals surface area contributed by atoms with Crippen LogP contribution in [0.2, 0.25) is 5.02 Å². The minimum Gasteiger partial charge on any atom is -0.506 e. The Morgan fingerprint density at radius 3 is 2.81 bits per heavy atom. The standard InChI is InChI=1S/C25H25ClN8O2/c1-25(18-10-17(35)14(26)11-29-18)19-20(27)31-21(32-22(19)33-24(25)36)16-12-34-8-7-28-23(34)15(30-16)9-13-5-3-2-4-6-13/h7-8,10-13H,2-6,9H2,1H3,(H,29,35)(H3,27,31,32,33,36). The number of nitrogens with two attached hydrogens (primary N) is 1. The quantitative estimate of drug-likeness (QED) is 0.379. The average molecular weight is 505 g/mol. The maximum Gasteiger partial charge on any atom is 0.242 e. The van der Waals surface area contributed by atoms with Crippen LogP contribution in [-0.2, 0) is 16.6 Å². The highest BCUT2D eigenvalue weighted by Gasteiger charge is 2.49. The fourth-order valence-corrected chi connectivity index (χ4v) is 5.48. The SMILES string of the molecule is CC1(c2cc(O)c(Cl)cn2)C(=O)Nc2nc(-c3cn4ccnc4c(CC4CCCCC4)n3)nc(N)c21. The number of imidazole rings is 1. The summed E-state index contributed by atoms with van der Waals surface area (Å²) in [6, 6.07) is 1.36. The summed E-state index contributed by atoms with van der Waals surface area (Å²) in [6.07, 6.45) is 13.8. The van der Waals surface area contributed by atoms with Crippen LogP contribution in [0, 0.1) is 5.92 Å². The molecule has 4 N–H and O–H groups in total. The predicted molar refractivity (Wildman–Crippen MR) is 135 cm³/mol. The van der Waals surface area contributed by atoms with Crippen molar-refractivity contribution in [2.45, 2.75) is 50.9 Å². The smallest absolute Gasteiger partial charge is 0.242 e. The number of anilines is 2. The first kappa shape index (κ1) is 22.7. The number of pyridine rings is 1. The van der Waals surface area contributed by atoms with Crippen molar-refractivity contribution in [3.8, 4) is 17.3 Å². The van der Waals surface area contributed by atoms with Crippen LogP contribution >= 0.6 is 11.6 Å². The van der Waals surface area contributed by atoms with Gasteiger partial charge in [0.05, 0.1) is 17.0 Å². The molecule has 6 rings (SSSR count). The number of nitrogen functional groups attached to an aromatic ring is 1. The molecule has 1 atom stereocenters. The van der Waals surface area contributed by atoms with E-state index in [0.717, 1.165) is 17.8 Å². The zero-order valence-electron chi connectivity index (χ0n) is 19.7. The summed E-state index contributed by atoms with van der Waals surface area (Å²) in [7, 11) is 0. The zero-order valence-corrected chi connectivity index (χ0v) is 20.5. The molecule has 5 heterocycles. The van der Waals surface area contributed by atoms with E-state index in [-0.39, 0.29) is 28.2 Å². The molecular weight excluding hydrogens is 480 g/mol. The van der Waals surface area contributed by atoms with Crippen molar-refractivity contribution in [3.05, 3.63) is 52.8 Å². The first-order chi connectivity index (χ1) is 17.3. The third-order valence-corrected chi connectivity index (χ3v) is 7.64. The number of rotatable bonds is 4. The Kier molecular flexibility index (Phi) is 5.29. The van der Waals surface area contributed by atoms with Crippen molar-refractivity contribution < 1.29 is 9.90 Å². The van der Waals surface area contributed by atoms with Gasteiger partial charge in [-0.2, -0.15) is 0 Å². The van der Waals surface area contributed by atoms with E-state index in [1.807, 2.05) is 16.8 Å². The van der Waals surface area contributed by atoms with Gasteiger partial charge in [-0.3, -0.25) is 9.78 Å². The second-order valence-corrected chi connectivity index (χ2v) is 10.1. The van der Waals surface area contributed by atoms with E-state index in [1.54, 1.807) is 13.1 Å². The minimum atomic E-state index is -1.30. The van der Waals surface area contributed by atoms with Gasteiger partial charge in [-0.25, -0.2) is 19.9 Å². The Balaban J connectivity index is 1.43. The number of nitrogens with zero attached hydrogens (tertiary/aromatic N) is 6. The summed E-state index contributed by atoms with van der Waals surface area (Å²) in [5.41, 5.74) is 8.10. The molecule has 0 radical (unpaired) electrons. The van der Waals surface area contributed by atoms with Crippen LogP contribution in [0.5, 0.6) is 5.75 Å². The van der Waals surface area contributed by atoms with E-state index < -0.39 is 5.41 Å². The lowest BCUT2D eigenvalue weighted by Gasteiger charge is -2.22. The number of amides is 1. The van der Waals surface area contributed by atoms with Gasteiger partial charge in [0.15, 0.2) is 11.5 Å². The molecule has 1 aliphatic heterocycles. The number of aromatic hydroxyl groups is 1. The molecule has 4 aromatic rings. The molecule has 1 fully saturated rings.